The zero-order valence-electron chi connectivity index (χ0n) is 16.9. The molecule has 0 saturated heterocycles. The molecule has 1 aromatic heterocycles. The molecule has 6 nitrogen and oxygen atoms in total. The Morgan fingerprint density at radius 2 is 1.86 bits per heavy atom. The molecule has 2 aromatic carbocycles. The van der Waals surface area contributed by atoms with E-state index in [2.05, 4.69) is 52.3 Å². The van der Waals surface area contributed by atoms with Gasteiger partial charge in [-0.3, -0.25) is 9.80 Å². The van der Waals surface area contributed by atoms with Crippen molar-refractivity contribution in [3.05, 3.63) is 58.8 Å². The molecule has 0 radical (unpaired) electrons. The molecule has 1 amide bonds. The van der Waals surface area contributed by atoms with Crippen molar-refractivity contribution >= 4 is 22.6 Å². The number of hydrazine groups is 1. The number of hydrogen-bond acceptors (Lipinski definition) is 5. The van der Waals surface area contributed by atoms with Gasteiger partial charge in [0.2, 0.25) is 0 Å². The highest BCUT2D eigenvalue weighted by Gasteiger charge is 2.26. The molecule has 28 heavy (non-hydrogen) atoms. The number of hydrogen-bond donors (Lipinski definition) is 0. The SMILES string of the molecule is CCN(CC(=O)N(C)N1Cc2ccccc2C1)c1cc2c(C)noc2cc1C. The van der Waals surface area contributed by atoms with Crippen LogP contribution in [0.2, 0.25) is 0 Å². The number of nitrogens with zero attached hydrogens (tertiary/aromatic N) is 4. The highest BCUT2D eigenvalue weighted by molar-refractivity contribution is 5.87. The molecule has 1 aliphatic rings. The van der Waals surface area contributed by atoms with Gasteiger partial charge in [0.1, 0.15) is 0 Å². The minimum Gasteiger partial charge on any atom is -0.362 e. The minimum absolute atomic E-state index is 0.0798. The number of rotatable bonds is 5. The Kier molecular flexibility index (Phi) is 4.81. The van der Waals surface area contributed by atoms with E-state index >= 15 is 0 Å². The number of aryl methyl sites for hydroxylation is 2. The molecule has 3 aromatic rings. The summed E-state index contributed by atoms with van der Waals surface area (Å²) in [4.78, 5) is 15.1. The highest BCUT2D eigenvalue weighted by Crippen LogP contribution is 2.29. The highest BCUT2D eigenvalue weighted by atomic mass is 16.5. The third-order valence-corrected chi connectivity index (χ3v) is 5.63. The maximum absolute atomic E-state index is 13.0. The van der Waals surface area contributed by atoms with Crippen molar-refractivity contribution in [2.75, 3.05) is 25.0 Å². The van der Waals surface area contributed by atoms with Gasteiger partial charge < -0.3 is 9.42 Å². The van der Waals surface area contributed by atoms with Crippen LogP contribution in [0, 0.1) is 13.8 Å². The van der Waals surface area contributed by atoms with E-state index in [9.17, 15) is 4.79 Å². The lowest BCUT2D eigenvalue weighted by molar-refractivity contribution is -0.145. The summed E-state index contributed by atoms with van der Waals surface area (Å²) in [7, 11) is 1.86. The summed E-state index contributed by atoms with van der Waals surface area (Å²) in [6, 6.07) is 12.4. The number of amides is 1. The van der Waals surface area contributed by atoms with Crippen molar-refractivity contribution < 1.29 is 9.32 Å². The number of fused-ring (bicyclic) bond motifs is 2. The first kappa shape index (κ1) is 18.5. The van der Waals surface area contributed by atoms with E-state index in [-0.39, 0.29) is 5.91 Å². The summed E-state index contributed by atoms with van der Waals surface area (Å²) in [6.07, 6.45) is 0. The Hall–Kier alpha value is -2.86. The number of aromatic nitrogens is 1. The number of anilines is 1. The summed E-state index contributed by atoms with van der Waals surface area (Å²) in [5.41, 5.74) is 6.36. The third kappa shape index (κ3) is 3.24. The van der Waals surface area contributed by atoms with E-state index in [1.54, 1.807) is 5.01 Å². The molecule has 0 saturated carbocycles. The summed E-state index contributed by atoms with van der Waals surface area (Å²) in [5.74, 6) is 0.0798. The molecule has 0 unspecified atom stereocenters. The fourth-order valence-corrected chi connectivity index (χ4v) is 3.85. The second kappa shape index (κ2) is 7.28. The van der Waals surface area contributed by atoms with Crippen molar-refractivity contribution in [3.8, 4) is 0 Å². The fraction of sp³-hybridized carbons (Fsp3) is 0.364. The Balaban J connectivity index is 1.51. The molecule has 0 N–H and O–H groups in total. The maximum Gasteiger partial charge on any atom is 0.256 e. The smallest absolute Gasteiger partial charge is 0.256 e. The molecule has 4 rings (SSSR count). The van der Waals surface area contributed by atoms with Crippen LogP contribution in [-0.4, -0.2) is 41.2 Å². The number of likely N-dealkylation sites (N-methyl/N-ethyl adjacent to an activating group) is 2. The van der Waals surface area contributed by atoms with Crippen LogP contribution in [0.25, 0.3) is 11.0 Å². The van der Waals surface area contributed by atoms with Gasteiger partial charge in [-0.15, -0.1) is 0 Å². The Bertz CT molecular complexity index is 1000. The van der Waals surface area contributed by atoms with Gasteiger partial charge in [0.15, 0.2) is 5.58 Å². The van der Waals surface area contributed by atoms with E-state index in [1.165, 1.54) is 11.1 Å². The Morgan fingerprint density at radius 3 is 2.50 bits per heavy atom. The van der Waals surface area contributed by atoms with Crippen LogP contribution in [0.3, 0.4) is 0 Å². The summed E-state index contributed by atoms with van der Waals surface area (Å²) in [5, 5.41) is 8.91. The lowest BCUT2D eigenvalue weighted by Gasteiger charge is -2.31. The van der Waals surface area contributed by atoms with E-state index in [0.29, 0.717) is 6.54 Å². The molecule has 0 spiro atoms. The first-order valence-electron chi connectivity index (χ1n) is 9.67. The lowest BCUT2D eigenvalue weighted by atomic mass is 10.1. The molecular weight excluding hydrogens is 352 g/mol. The zero-order chi connectivity index (χ0) is 19.8. The second-order valence-corrected chi connectivity index (χ2v) is 7.43. The van der Waals surface area contributed by atoms with Crippen LogP contribution in [0.5, 0.6) is 0 Å². The summed E-state index contributed by atoms with van der Waals surface area (Å²) < 4.78 is 5.37. The maximum atomic E-state index is 13.0. The fourth-order valence-electron chi connectivity index (χ4n) is 3.85. The normalized spacial score (nSPS) is 13.7. The monoisotopic (exact) mass is 378 g/mol. The van der Waals surface area contributed by atoms with Crippen molar-refractivity contribution in [2.24, 2.45) is 0 Å². The topological polar surface area (TPSA) is 52.8 Å². The predicted octanol–water partition coefficient (Wildman–Crippen LogP) is 3.66. The molecule has 0 bridgehead atoms. The summed E-state index contributed by atoms with van der Waals surface area (Å²) in [6.45, 7) is 8.67. The van der Waals surface area contributed by atoms with Crippen molar-refractivity contribution in [3.63, 3.8) is 0 Å². The second-order valence-electron chi connectivity index (χ2n) is 7.43. The van der Waals surface area contributed by atoms with E-state index in [0.717, 1.165) is 47.5 Å². The van der Waals surface area contributed by atoms with Crippen molar-refractivity contribution in [1.29, 1.82) is 0 Å². The van der Waals surface area contributed by atoms with Crippen molar-refractivity contribution in [1.82, 2.24) is 15.2 Å². The molecule has 2 heterocycles. The van der Waals surface area contributed by atoms with Gasteiger partial charge in [0.25, 0.3) is 5.91 Å². The van der Waals surface area contributed by atoms with Gasteiger partial charge >= 0.3 is 0 Å². The molecule has 6 heteroatoms. The molecule has 0 atom stereocenters. The quantitative estimate of drug-likeness (QED) is 0.678. The number of carbonyl (C=O) groups is 1. The predicted molar refractivity (Wildman–Crippen MR) is 110 cm³/mol. The lowest BCUT2D eigenvalue weighted by Crippen LogP contribution is -2.45. The number of carbonyl (C=O) groups excluding carboxylic acids is 1. The first-order valence-corrected chi connectivity index (χ1v) is 9.67. The van der Waals surface area contributed by atoms with Gasteiger partial charge in [-0.1, -0.05) is 29.4 Å². The van der Waals surface area contributed by atoms with Crippen LogP contribution >= 0.6 is 0 Å². The van der Waals surface area contributed by atoms with Crippen LogP contribution in [0.1, 0.15) is 29.3 Å². The van der Waals surface area contributed by atoms with E-state index in [1.807, 2.05) is 27.0 Å². The van der Waals surface area contributed by atoms with Gasteiger partial charge in [-0.2, -0.15) is 0 Å². The molecular formula is C22H26N4O2. The van der Waals surface area contributed by atoms with E-state index < -0.39 is 0 Å². The van der Waals surface area contributed by atoms with Gasteiger partial charge in [-0.25, -0.2) is 5.01 Å². The van der Waals surface area contributed by atoms with Crippen LogP contribution in [0.15, 0.2) is 40.9 Å². The third-order valence-electron chi connectivity index (χ3n) is 5.63. The molecule has 1 aliphatic heterocycles. The Morgan fingerprint density at radius 1 is 1.18 bits per heavy atom. The van der Waals surface area contributed by atoms with Crippen LogP contribution < -0.4 is 4.90 Å². The van der Waals surface area contributed by atoms with Gasteiger partial charge in [0.05, 0.1) is 12.2 Å². The molecule has 0 fully saturated rings. The van der Waals surface area contributed by atoms with Gasteiger partial charge in [-0.05, 0) is 49.6 Å². The van der Waals surface area contributed by atoms with E-state index in [4.69, 9.17) is 4.52 Å². The van der Waals surface area contributed by atoms with Crippen LogP contribution in [-0.2, 0) is 17.9 Å². The first-order chi connectivity index (χ1) is 13.5. The average Bonchev–Trinajstić information content (AvgIpc) is 3.28. The minimum atomic E-state index is 0.0798. The standard InChI is InChI=1S/C22H26N4O2/c1-5-25(20-11-19-16(3)23-28-21(19)10-15(20)2)14-22(27)24(4)26-12-17-8-6-7-9-18(17)13-26/h6-11H,5,12-14H2,1-4H3. The Labute approximate surface area is 165 Å². The average molecular weight is 378 g/mol. The molecule has 146 valence electrons. The zero-order valence-corrected chi connectivity index (χ0v) is 16.9. The number of benzene rings is 2. The molecule has 0 aliphatic carbocycles. The van der Waals surface area contributed by atoms with Gasteiger partial charge in [0, 0.05) is 37.8 Å². The summed E-state index contributed by atoms with van der Waals surface area (Å²) >= 11 is 0. The largest absolute Gasteiger partial charge is 0.362 e. The van der Waals surface area contributed by atoms with Crippen molar-refractivity contribution in [2.45, 2.75) is 33.9 Å². The van der Waals surface area contributed by atoms with Crippen LogP contribution in [0.4, 0.5) is 5.69 Å².